The topological polar surface area (TPSA) is 39.5 Å². The molecule has 0 aliphatic carbocycles. The first kappa shape index (κ1) is 30.7. The number of aryl methyl sites for hydroxylation is 2. The van der Waals surface area contributed by atoms with Crippen LogP contribution in [0.25, 0.3) is 32.6 Å². The lowest BCUT2D eigenvalue weighted by Gasteiger charge is -2.46. The van der Waals surface area contributed by atoms with Gasteiger partial charge in [0.05, 0.1) is 5.52 Å². The Morgan fingerprint density at radius 1 is 0.826 bits per heavy atom. The van der Waals surface area contributed by atoms with E-state index in [1.54, 1.807) is 0 Å². The van der Waals surface area contributed by atoms with Gasteiger partial charge >= 0.3 is 0 Å². The van der Waals surface area contributed by atoms with Crippen molar-refractivity contribution in [3.63, 3.8) is 0 Å². The van der Waals surface area contributed by atoms with Crippen molar-refractivity contribution in [2.75, 3.05) is 26.2 Å². The number of benzene rings is 4. The minimum atomic E-state index is -2.54. The summed E-state index contributed by atoms with van der Waals surface area (Å²) >= 11 is 0. The van der Waals surface area contributed by atoms with Crippen LogP contribution in [0.4, 0.5) is 0 Å². The summed E-state index contributed by atoms with van der Waals surface area (Å²) in [6.07, 6.45) is 6.15. The lowest BCUT2D eigenvalue weighted by molar-refractivity contribution is 0.0850. The Morgan fingerprint density at radius 3 is 2.15 bits per heavy atom. The van der Waals surface area contributed by atoms with Gasteiger partial charge in [-0.05, 0) is 76.5 Å². The zero-order valence-corrected chi connectivity index (χ0v) is 28.8. The van der Waals surface area contributed by atoms with E-state index in [0.717, 1.165) is 38.2 Å². The lowest BCUT2D eigenvalue weighted by atomic mass is 10.0. The molecule has 2 aromatic heterocycles. The maximum Gasteiger partial charge on any atom is 0.261 e. The van der Waals surface area contributed by atoms with Crippen LogP contribution in [0.2, 0.25) is 5.04 Å². The molecular formula is C40H45N3O2Si. The van der Waals surface area contributed by atoms with Crippen LogP contribution in [0.15, 0.2) is 103 Å². The summed E-state index contributed by atoms with van der Waals surface area (Å²) in [4.78, 5) is 6.90. The Bertz CT molecular complexity index is 1930. The highest BCUT2D eigenvalue weighted by molar-refractivity contribution is 6.99. The number of pyridine rings is 1. The van der Waals surface area contributed by atoms with Gasteiger partial charge in [0.25, 0.3) is 8.32 Å². The largest absolute Gasteiger partial charge is 0.492 e. The second-order valence-corrected chi connectivity index (χ2v) is 18.2. The number of piperidine rings is 1. The number of nitrogens with zero attached hydrogens (tertiary/aromatic N) is 3. The van der Waals surface area contributed by atoms with Crippen molar-refractivity contribution in [3.8, 4) is 5.75 Å². The highest BCUT2D eigenvalue weighted by Crippen LogP contribution is 2.39. The van der Waals surface area contributed by atoms with Crippen LogP contribution in [0, 0.1) is 6.92 Å². The standard InChI is InChI=1S/C40H45N3O2Si/c1-29-35-18-21-41-28-30(35)26-37-36-27-32(16-17-38(36)42(5)39(29)37)44-25-24-43-22-19-31(20-23-43)45-46(40(2,3)4,33-12-8-6-9-13-33)34-14-10-7-11-15-34/h6-18,21,26-28,31H,19-20,22-25H2,1-5H3. The Labute approximate surface area is 273 Å². The van der Waals surface area contributed by atoms with Crippen molar-refractivity contribution < 1.29 is 9.16 Å². The van der Waals surface area contributed by atoms with E-state index in [9.17, 15) is 0 Å². The summed E-state index contributed by atoms with van der Waals surface area (Å²) in [6, 6.07) is 32.9. The van der Waals surface area contributed by atoms with Gasteiger partial charge in [-0.15, -0.1) is 0 Å². The molecule has 0 N–H and O–H groups in total. The van der Waals surface area contributed by atoms with Crippen molar-refractivity contribution in [2.24, 2.45) is 7.05 Å². The van der Waals surface area contributed by atoms with Crippen LogP contribution < -0.4 is 15.1 Å². The number of ether oxygens (including phenoxy) is 1. The smallest absolute Gasteiger partial charge is 0.261 e. The van der Waals surface area contributed by atoms with E-state index in [4.69, 9.17) is 9.16 Å². The first-order valence-corrected chi connectivity index (χ1v) is 18.6. The van der Waals surface area contributed by atoms with Gasteiger partial charge in [0.2, 0.25) is 0 Å². The molecule has 3 heterocycles. The Kier molecular flexibility index (Phi) is 8.22. The van der Waals surface area contributed by atoms with Gasteiger partial charge in [0.1, 0.15) is 12.4 Å². The number of hydrogen-bond donors (Lipinski definition) is 0. The normalized spacial score (nSPS) is 15.2. The Balaban J connectivity index is 1.03. The van der Waals surface area contributed by atoms with Crippen molar-refractivity contribution in [2.45, 2.75) is 51.7 Å². The highest BCUT2D eigenvalue weighted by Gasteiger charge is 2.51. The van der Waals surface area contributed by atoms with Crippen LogP contribution >= 0.6 is 0 Å². The molecule has 0 unspecified atom stereocenters. The first-order chi connectivity index (χ1) is 22.3. The molecule has 1 aliphatic heterocycles. The van der Waals surface area contributed by atoms with E-state index in [1.807, 2.05) is 12.4 Å². The summed E-state index contributed by atoms with van der Waals surface area (Å²) in [5.41, 5.74) is 3.78. The summed E-state index contributed by atoms with van der Waals surface area (Å²) in [7, 11) is -0.377. The van der Waals surface area contributed by atoms with Gasteiger partial charge in [-0.25, -0.2) is 0 Å². The van der Waals surface area contributed by atoms with E-state index >= 15 is 0 Å². The molecule has 1 aliphatic rings. The predicted molar refractivity (Wildman–Crippen MR) is 194 cm³/mol. The molecule has 6 aromatic rings. The zero-order chi connectivity index (χ0) is 31.9. The van der Waals surface area contributed by atoms with Crippen molar-refractivity contribution in [1.82, 2.24) is 14.5 Å². The second-order valence-electron chi connectivity index (χ2n) is 13.9. The first-order valence-electron chi connectivity index (χ1n) is 16.7. The summed E-state index contributed by atoms with van der Waals surface area (Å²) in [5.74, 6) is 0.925. The van der Waals surface area contributed by atoms with Gasteiger partial charge in [0.15, 0.2) is 0 Å². The second kappa shape index (κ2) is 12.3. The Hall–Kier alpha value is -3.97. The number of likely N-dealkylation sites (tertiary alicyclic amines) is 1. The van der Waals surface area contributed by atoms with E-state index in [1.165, 1.54) is 48.5 Å². The molecule has 1 saturated heterocycles. The Morgan fingerprint density at radius 2 is 1.50 bits per heavy atom. The molecule has 236 valence electrons. The molecule has 4 aromatic carbocycles. The van der Waals surface area contributed by atoms with E-state index in [2.05, 4.69) is 140 Å². The number of aromatic nitrogens is 2. The van der Waals surface area contributed by atoms with Crippen molar-refractivity contribution in [1.29, 1.82) is 0 Å². The highest BCUT2D eigenvalue weighted by atomic mass is 28.4. The number of hydrogen-bond acceptors (Lipinski definition) is 4. The predicted octanol–water partition coefficient (Wildman–Crippen LogP) is 7.61. The third-order valence-electron chi connectivity index (χ3n) is 10.1. The fourth-order valence-electron chi connectivity index (χ4n) is 7.77. The minimum absolute atomic E-state index is 0.00541. The third kappa shape index (κ3) is 5.42. The summed E-state index contributed by atoms with van der Waals surface area (Å²) < 4.78 is 16.1. The van der Waals surface area contributed by atoms with Crippen molar-refractivity contribution >= 4 is 51.3 Å². The molecule has 0 radical (unpaired) electrons. The van der Waals surface area contributed by atoms with Gasteiger partial charge in [0, 0.05) is 66.9 Å². The molecule has 1 fully saturated rings. The molecular weight excluding hydrogens is 583 g/mol. The van der Waals surface area contributed by atoms with E-state index in [0.29, 0.717) is 6.61 Å². The van der Waals surface area contributed by atoms with Gasteiger partial charge in [-0.3, -0.25) is 9.88 Å². The fourth-order valence-corrected chi connectivity index (χ4v) is 12.5. The average molecular weight is 628 g/mol. The van der Waals surface area contributed by atoms with Gasteiger partial charge in [-0.1, -0.05) is 81.4 Å². The molecule has 5 nitrogen and oxygen atoms in total. The number of rotatable bonds is 8. The molecule has 7 rings (SSSR count). The maximum absolute atomic E-state index is 7.43. The van der Waals surface area contributed by atoms with Crippen LogP contribution in [0.1, 0.15) is 39.2 Å². The summed E-state index contributed by atoms with van der Waals surface area (Å²) in [6.45, 7) is 12.9. The molecule has 0 saturated carbocycles. The van der Waals surface area contributed by atoms with Crippen LogP contribution in [-0.4, -0.2) is 55.1 Å². The monoisotopic (exact) mass is 627 g/mol. The maximum atomic E-state index is 7.43. The third-order valence-corrected chi connectivity index (χ3v) is 15.2. The molecule has 0 spiro atoms. The molecule has 46 heavy (non-hydrogen) atoms. The fraction of sp³-hybridized carbons (Fsp3) is 0.325. The van der Waals surface area contributed by atoms with Crippen LogP contribution in [0.5, 0.6) is 5.75 Å². The minimum Gasteiger partial charge on any atom is -0.492 e. The number of fused-ring (bicyclic) bond motifs is 4. The quantitative estimate of drug-likeness (QED) is 0.163. The molecule has 0 atom stereocenters. The molecule has 0 bridgehead atoms. The van der Waals surface area contributed by atoms with Gasteiger partial charge < -0.3 is 13.7 Å². The zero-order valence-electron chi connectivity index (χ0n) is 27.8. The van der Waals surface area contributed by atoms with Crippen molar-refractivity contribution in [3.05, 3.63) is 109 Å². The summed E-state index contributed by atoms with van der Waals surface area (Å²) in [5, 5.41) is 7.61. The van der Waals surface area contributed by atoms with Gasteiger partial charge in [-0.2, -0.15) is 0 Å². The average Bonchev–Trinajstić information content (AvgIpc) is 3.35. The SMILES string of the molecule is Cc1c2ccncc2cc2c3cc(OCCN4CCC(O[Si](c5ccccc5)(c5ccccc5)C(C)(C)C)CC4)ccc3n(C)c12. The van der Waals surface area contributed by atoms with Crippen LogP contribution in [0.3, 0.4) is 0 Å². The molecule has 0 amide bonds. The van der Waals surface area contributed by atoms with E-state index < -0.39 is 8.32 Å². The van der Waals surface area contributed by atoms with Crippen LogP contribution in [-0.2, 0) is 11.5 Å². The molecule has 6 heteroatoms. The van der Waals surface area contributed by atoms with E-state index in [-0.39, 0.29) is 11.1 Å². The lowest BCUT2D eigenvalue weighted by Crippen LogP contribution is -2.68.